The van der Waals surface area contributed by atoms with Gasteiger partial charge in [0.1, 0.15) is 0 Å². The van der Waals surface area contributed by atoms with Crippen LogP contribution in [0.5, 0.6) is 0 Å². The van der Waals surface area contributed by atoms with Gasteiger partial charge in [-0.05, 0) is 32.8 Å². The quantitative estimate of drug-likeness (QED) is 0.790. The zero-order valence-electron chi connectivity index (χ0n) is 11.8. The predicted molar refractivity (Wildman–Crippen MR) is 79.2 cm³/mol. The van der Waals surface area contributed by atoms with Gasteiger partial charge in [-0.15, -0.1) is 11.3 Å². The number of carbonyl (C=O) groups excluding carboxylic acids is 1. The summed E-state index contributed by atoms with van der Waals surface area (Å²) in [7, 11) is 0. The summed E-state index contributed by atoms with van der Waals surface area (Å²) in [6.45, 7) is 9.09. The van der Waals surface area contributed by atoms with Crippen molar-refractivity contribution in [3.8, 4) is 0 Å². The van der Waals surface area contributed by atoms with Gasteiger partial charge in [-0.3, -0.25) is 14.6 Å². The van der Waals surface area contributed by atoms with E-state index in [1.165, 1.54) is 22.6 Å². The molecule has 0 radical (unpaired) electrons. The van der Waals surface area contributed by atoms with Gasteiger partial charge in [0.15, 0.2) is 5.78 Å². The van der Waals surface area contributed by atoms with Crippen LogP contribution in [-0.4, -0.2) is 54.3 Å². The van der Waals surface area contributed by atoms with Crippen molar-refractivity contribution in [2.75, 3.05) is 32.7 Å². The molecule has 2 heterocycles. The van der Waals surface area contributed by atoms with Crippen molar-refractivity contribution in [3.63, 3.8) is 0 Å². The molecular weight excluding hydrogens is 256 g/mol. The fourth-order valence-corrected chi connectivity index (χ4v) is 3.86. The van der Waals surface area contributed by atoms with E-state index in [4.69, 9.17) is 0 Å². The molecule has 0 aromatic carbocycles. The van der Waals surface area contributed by atoms with Gasteiger partial charge in [-0.25, -0.2) is 0 Å². The van der Waals surface area contributed by atoms with Crippen molar-refractivity contribution in [3.05, 3.63) is 21.4 Å². The molecule has 1 aromatic heterocycles. The molecule has 0 unspecified atom stereocenters. The van der Waals surface area contributed by atoms with Crippen LogP contribution in [0.2, 0.25) is 0 Å². The molecule has 2 aliphatic rings. The van der Waals surface area contributed by atoms with Gasteiger partial charge < -0.3 is 0 Å². The van der Waals surface area contributed by atoms with Crippen LogP contribution in [0.25, 0.3) is 0 Å². The molecule has 19 heavy (non-hydrogen) atoms. The summed E-state index contributed by atoms with van der Waals surface area (Å²) >= 11 is 1.72. The fourth-order valence-electron chi connectivity index (χ4n) is 2.92. The van der Waals surface area contributed by atoms with E-state index in [1.54, 1.807) is 11.3 Å². The maximum absolute atomic E-state index is 12.3. The number of aryl methyl sites for hydroxylation is 2. The highest BCUT2D eigenvalue weighted by Crippen LogP contribution is 2.27. The van der Waals surface area contributed by atoms with Crippen LogP contribution < -0.4 is 0 Å². The Morgan fingerprint density at radius 3 is 2.47 bits per heavy atom. The third-order valence-corrected chi connectivity index (χ3v) is 5.14. The van der Waals surface area contributed by atoms with Crippen LogP contribution in [0.1, 0.15) is 33.0 Å². The number of hydrogen-bond acceptors (Lipinski definition) is 4. The molecule has 104 valence electrons. The normalized spacial score (nSPS) is 21.8. The second-order valence-corrected chi connectivity index (χ2v) is 7.25. The molecule has 0 spiro atoms. The molecule has 0 N–H and O–H groups in total. The molecule has 1 aliphatic carbocycles. The molecule has 0 bridgehead atoms. The number of rotatable bonds is 4. The summed E-state index contributed by atoms with van der Waals surface area (Å²) in [6, 6.07) is 2.91. The van der Waals surface area contributed by atoms with E-state index in [0.717, 1.165) is 37.8 Å². The lowest BCUT2D eigenvalue weighted by Gasteiger charge is -2.34. The molecule has 1 aromatic rings. The first kappa shape index (κ1) is 13.3. The van der Waals surface area contributed by atoms with Crippen molar-refractivity contribution in [2.45, 2.75) is 32.7 Å². The summed E-state index contributed by atoms with van der Waals surface area (Å²) in [5, 5.41) is 0. The van der Waals surface area contributed by atoms with Crippen LogP contribution >= 0.6 is 11.3 Å². The van der Waals surface area contributed by atoms with Crippen molar-refractivity contribution < 1.29 is 4.79 Å². The minimum absolute atomic E-state index is 0.293. The van der Waals surface area contributed by atoms with Gasteiger partial charge in [0.05, 0.1) is 6.54 Å². The number of thiophene rings is 1. The lowest BCUT2D eigenvalue weighted by Crippen LogP contribution is -2.48. The first-order chi connectivity index (χ1) is 9.13. The summed E-state index contributed by atoms with van der Waals surface area (Å²) in [5.74, 6) is 0.293. The first-order valence-electron chi connectivity index (χ1n) is 7.20. The lowest BCUT2D eigenvalue weighted by atomic mass is 10.1. The topological polar surface area (TPSA) is 23.6 Å². The van der Waals surface area contributed by atoms with Crippen LogP contribution in [0.4, 0.5) is 0 Å². The van der Waals surface area contributed by atoms with Crippen molar-refractivity contribution in [1.82, 2.24) is 9.80 Å². The Morgan fingerprint density at radius 1 is 1.26 bits per heavy atom. The molecule has 3 rings (SSSR count). The summed E-state index contributed by atoms with van der Waals surface area (Å²) < 4.78 is 0. The molecule has 2 fully saturated rings. The van der Waals surface area contributed by atoms with Gasteiger partial charge in [0.2, 0.25) is 0 Å². The molecule has 3 nitrogen and oxygen atoms in total. The number of Topliss-reactive ketones (excluding diaryl/α,β-unsaturated/α-hetero) is 1. The number of ketones is 1. The van der Waals surface area contributed by atoms with Crippen LogP contribution in [0, 0.1) is 13.8 Å². The highest BCUT2D eigenvalue weighted by molar-refractivity contribution is 7.12. The van der Waals surface area contributed by atoms with Gasteiger partial charge in [0.25, 0.3) is 0 Å². The zero-order valence-corrected chi connectivity index (χ0v) is 12.6. The van der Waals surface area contributed by atoms with Crippen molar-refractivity contribution >= 4 is 17.1 Å². The highest BCUT2D eigenvalue weighted by atomic mass is 32.1. The molecule has 4 heteroatoms. The van der Waals surface area contributed by atoms with Crippen molar-refractivity contribution in [1.29, 1.82) is 0 Å². The fraction of sp³-hybridized carbons (Fsp3) is 0.667. The first-order valence-corrected chi connectivity index (χ1v) is 8.02. The lowest BCUT2D eigenvalue weighted by molar-refractivity contribution is 0.0843. The molecule has 1 aliphatic heterocycles. The SMILES string of the molecule is Cc1cc(C(=O)CN2CCN(C3CC3)CC2)c(C)s1. The standard InChI is InChI=1S/C15H22N2OS/c1-11-9-14(12(2)19-11)15(18)10-16-5-7-17(8-6-16)13-3-4-13/h9,13H,3-8,10H2,1-2H3. The summed E-state index contributed by atoms with van der Waals surface area (Å²) in [4.78, 5) is 19.6. The third kappa shape index (κ3) is 3.07. The van der Waals surface area contributed by atoms with Gasteiger partial charge in [-0.2, -0.15) is 0 Å². The van der Waals surface area contributed by atoms with E-state index in [0.29, 0.717) is 12.3 Å². The van der Waals surface area contributed by atoms with Crippen molar-refractivity contribution in [2.24, 2.45) is 0 Å². The van der Waals surface area contributed by atoms with Gasteiger partial charge in [0, 0.05) is 47.5 Å². The Labute approximate surface area is 119 Å². The molecule has 1 saturated heterocycles. The van der Waals surface area contributed by atoms with E-state index >= 15 is 0 Å². The smallest absolute Gasteiger partial charge is 0.177 e. The second kappa shape index (κ2) is 5.35. The molecular formula is C15H22N2OS. The Kier molecular flexibility index (Phi) is 3.74. The van der Waals surface area contributed by atoms with E-state index < -0.39 is 0 Å². The average molecular weight is 278 g/mol. The molecule has 0 atom stereocenters. The largest absolute Gasteiger partial charge is 0.298 e. The second-order valence-electron chi connectivity index (χ2n) is 5.79. The Bertz CT molecular complexity index is 470. The van der Waals surface area contributed by atoms with E-state index in [1.807, 2.05) is 6.07 Å². The van der Waals surface area contributed by atoms with E-state index in [-0.39, 0.29) is 0 Å². The summed E-state index contributed by atoms with van der Waals surface area (Å²) in [6.07, 6.45) is 2.76. The number of hydrogen-bond donors (Lipinski definition) is 0. The monoisotopic (exact) mass is 278 g/mol. The molecule has 0 amide bonds. The maximum Gasteiger partial charge on any atom is 0.177 e. The minimum Gasteiger partial charge on any atom is -0.298 e. The Hall–Kier alpha value is -0.710. The number of carbonyl (C=O) groups is 1. The summed E-state index contributed by atoms with van der Waals surface area (Å²) in [5.41, 5.74) is 0.937. The Balaban J connectivity index is 1.54. The zero-order chi connectivity index (χ0) is 13.4. The Morgan fingerprint density at radius 2 is 1.95 bits per heavy atom. The van der Waals surface area contributed by atoms with Crippen LogP contribution in [0.3, 0.4) is 0 Å². The van der Waals surface area contributed by atoms with E-state index in [9.17, 15) is 4.79 Å². The maximum atomic E-state index is 12.3. The number of nitrogens with zero attached hydrogens (tertiary/aromatic N) is 2. The predicted octanol–water partition coefficient (Wildman–Crippen LogP) is 2.33. The molecule has 1 saturated carbocycles. The van der Waals surface area contributed by atoms with Gasteiger partial charge in [-0.1, -0.05) is 0 Å². The van der Waals surface area contributed by atoms with Crippen LogP contribution in [0.15, 0.2) is 6.07 Å². The van der Waals surface area contributed by atoms with Gasteiger partial charge >= 0.3 is 0 Å². The minimum atomic E-state index is 0.293. The average Bonchev–Trinajstić information content (AvgIpc) is 3.16. The number of piperazine rings is 1. The van der Waals surface area contributed by atoms with E-state index in [2.05, 4.69) is 23.6 Å². The highest BCUT2D eigenvalue weighted by Gasteiger charge is 2.31. The third-order valence-electron chi connectivity index (χ3n) is 4.18. The van der Waals surface area contributed by atoms with Crippen LogP contribution in [-0.2, 0) is 0 Å².